The van der Waals surface area contributed by atoms with Gasteiger partial charge in [-0.05, 0) is 48.9 Å². The van der Waals surface area contributed by atoms with Gasteiger partial charge in [0.1, 0.15) is 5.69 Å². The molecule has 1 heterocycles. The molecule has 5 heteroatoms. The van der Waals surface area contributed by atoms with E-state index in [-0.39, 0.29) is 18.4 Å². The second-order valence-corrected chi connectivity index (χ2v) is 4.54. The van der Waals surface area contributed by atoms with Crippen molar-refractivity contribution < 1.29 is 21.8 Å². The third kappa shape index (κ3) is 3.69. The molecule has 19 heavy (non-hydrogen) atoms. The maximum absolute atomic E-state index is 12.2. The molecule has 1 aromatic carbocycles. The number of carbonyl (C=O) groups excluding carboxylic acids is 1. The summed E-state index contributed by atoms with van der Waals surface area (Å²) in [5, 5.41) is 0.655. The molecule has 0 radical (unpaired) electrons. The number of amides is 1. The van der Waals surface area contributed by atoms with E-state index in [0.717, 1.165) is 11.3 Å². The van der Waals surface area contributed by atoms with Crippen molar-refractivity contribution in [2.75, 3.05) is 11.9 Å². The Bertz CT molecular complexity index is 553. The first-order chi connectivity index (χ1) is 8.58. The van der Waals surface area contributed by atoms with E-state index in [1.807, 2.05) is 31.2 Å². The smallest absolute Gasteiger partial charge is 0.502 e. The molecule has 1 aromatic heterocycles. The first kappa shape index (κ1) is 15.5. The van der Waals surface area contributed by atoms with Gasteiger partial charge in [0.25, 0.3) is 0 Å². The van der Waals surface area contributed by atoms with Crippen LogP contribution in [0, 0.1) is 6.92 Å². The molecular weight excluding hydrogens is 283 g/mol. The number of rotatable bonds is 1. The fourth-order valence-corrected chi connectivity index (χ4v) is 1.70. The fraction of sp³-hybridized carbons (Fsp3) is 0.143. The lowest BCUT2D eigenvalue weighted by molar-refractivity contribution is -0.569. The van der Waals surface area contributed by atoms with Crippen LogP contribution < -0.4 is 21.9 Å². The first-order valence-corrected chi connectivity index (χ1v) is 5.97. The Balaban J connectivity index is 0.00000180. The molecule has 0 aliphatic rings. The quantitative estimate of drug-likeness (QED) is 0.682. The minimum absolute atomic E-state index is 0. The number of anilines is 1. The number of pyridine rings is 1. The molecule has 0 aliphatic carbocycles. The molecule has 0 fully saturated rings. The lowest BCUT2D eigenvalue weighted by Crippen LogP contribution is -3.00. The fourth-order valence-electron chi connectivity index (χ4n) is 1.58. The minimum atomic E-state index is -0.114. The highest BCUT2D eigenvalue weighted by atomic mass is 35.5. The molecule has 1 amide bonds. The summed E-state index contributed by atoms with van der Waals surface area (Å²) >= 11 is 5.82. The van der Waals surface area contributed by atoms with Gasteiger partial charge >= 0.3 is 6.03 Å². The van der Waals surface area contributed by atoms with E-state index in [0.29, 0.717) is 5.02 Å². The van der Waals surface area contributed by atoms with Crippen molar-refractivity contribution in [3.63, 3.8) is 0 Å². The molecule has 100 valence electrons. The number of aromatic nitrogens is 1. The largest absolute Gasteiger partial charge is 1.00 e. The predicted octanol–water partition coefficient (Wildman–Crippen LogP) is 0.0444. The molecule has 0 N–H and O–H groups in total. The van der Waals surface area contributed by atoms with Crippen molar-refractivity contribution in [2.24, 2.45) is 0 Å². The van der Waals surface area contributed by atoms with Crippen LogP contribution in [0.15, 0.2) is 48.8 Å². The monoisotopic (exact) mass is 296 g/mol. The number of halogens is 2. The van der Waals surface area contributed by atoms with Gasteiger partial charge < -0.3 is 12.4 Å². The van der Waals surface area contributed by atoms with E-state index >= 15 is 0 Å². The second kappa shape index (κ2) is 6.55. The molecule has 0 saturated heterocycles. The average molecular weight is 297 g/mol. The van der Waals surface area contributed by atoms with Gasteiger partial charge in [0, 0.05) is 5.02 Å². The van der Waals surface area contributed by atoms with E-state index in [9.17, 15) is 4.79 Å². The van der Waals surface area contributed by atoms with Gasteiger partial charge in [-0.2, -0.15) is 14.3 Å². The van der Waals surface area contributed by atoms with Crippen LogP contribution in [0.2, 0.25) is 5.02 Å². The highest BCUT2D eigenvalue weighted by molar-refractivity contribution is 6.30. The van der Waals surface area contributed by atoms with Crippen LogP contribution in [-0.2, 0) is 0 Å². The molecule has 0 bridgehead atoms. The summed E-state index contributed by atoms with van der Waals surface area (Å²) in [6.45, 7) is 1.98. The van der Waals surface area contributed by atoms with Gasteiger partial charge in [-0.1, -0.05) is 11.6 Å². The second-order valence-electron chi connectivity index (χ2n) is 4.10. The number of nitrogens with zero attached hydrogens (tertiary/aromatic N) is 2. The summed E-state index contributed by atoms with van der Waals surface area (Å²) < 4.78 is 1.54. The average Bonchev–Trinajstić information content (AvgIpc) is 2.39. The highest BCUT2D eigenvalue weighted by Crippen LogP contribution is 2.16. The molecule has 0 saturated carbocycles. The van der Waals surface area contributed by atoms with E-state index in [1.165, 1.54) is 0 Å². The zero-order chi connectivity index (χ0) is 13.1. The van der Waals surface area contributed by atoms with E-state index in [4.69, 9.17) is 11.6 Å². The standard InChI is InChI=1S/C14H14ClN2O.ClH/c1-11-7-9-17(10-8-11)14(18)16(2)13-5-3-12(15)4-6-13;/h3-10H,1-2H3;1H/q+1;/p-1. The minimum Gasteiger partial charge on any atom is -1.00 e. The van der Waals surface area contributed by atoms with Crippen molar-refractivity contribution in [3.05, 3.63) is 59.4 Å². The van der Waals surface area contributed by atoms with Gasteiger partial charge in [0.15, 0.2) is 0 Å². The summed E-state index contributed by atoms with van der Waals surface area (Å²) in [5.41, 5.74) is 1.92. The van der Waals surface area contributed by atoms with Gasteiger partial charge in [0.2, 0.25) is 0 Å². The summed E-state index contributed by atoms with van der Waals surface area (Å²) in [4.78, 5) is 13.8. The first-order valence-electron chi connectivity index (χ1n) is 5.59. The summed E-state index contributed by atoms with van der Waals surface area (Å²) in [7, 11) is 1.73. The van der Waals surface area contributed by atoms with Gasteiger partial charge in [-0.3, -0.25) is 0 Å². The summed E-state index contributed by atoms with van der Waals surface area (Å²) in [6, 6.07) is 10.8. The number of benzene rings is 1. The Labute approximate surface area is 123 Å². The number of carbonyl (C=O) groups is 1. The molecule has 0 spiro atoms. The molecular formula is C14H14Cl2N2O. The third-order valence-corrected chi connectivity index (χ3v) is 2.97. The lowest BCUT2D eigenvalue weighted by Gasteiger charge is -2.09. The highest BCUT2D eigenvalue weighted by Gasteiger charge is 2.21. The Kier molecular flexibility index (Phi) is 5.33. The molecule has 2 aromatic rings. The normalized spacial score (nSPS) is 9.63. The Morgan fingerprint density at radius 2 is 1.63 bits per heavy atom. The maximum atomic E-state index is 12.2. The van der Waals surface area contributed by atoms with Crippen molar-refractivity contribution in [1.29, 1.82) is 0 Å². The Morgan fingerprint density at radius 3 is 2.16 bits per heavy atom. The van der Waals surface area contributed by atoms with E-state index in [2.05, 4.69) is 0 Å². The Hall–Kier alpha value is -1.58. The van der Waals surface area contributed by atoms with Crippen LogP contribution in [-0.4, -0.2) is 13.1 Å². The van der Waals surface area contributed by atoms with Crippen molar-refractivity contribution in [2.45, 2.75) is 6.92 Å². The van der Waals surface area contributed by atoms with Crippen molar-refractivity contribution >= 4 is 23.3 Å². The predicted molar refractivity (Wildman–Crippen MR) is 72.0 cm³/mol. The number of hydrogen-bond acceptors (Lipinski definition) is 1. The zero-order valence-electron chi connectivity index (χ0n) is 10.7. The van der Waals surface area contributed by atoms with Crippen LogP contribution in [0.4, 0.5) is 10.5 Å². The van der Waals surface area contributed by atoms with Crippen LogP contribution in [0.25, 0.3) is 0 Å². The molecule has 0 atom stereocenters. The van der Waals surface area contributed by atoms with E-state index < -0.39 is 0 Å². The SMILES string of the molecule is Cc1cc[n+](C(=O)N(C)c2ccc(Cl)cc2)cc1.[Cl-]. The van der Waals surface area contributed by atoms with Gasteiger partial charge in [0.05, 0.1) is 19.4 Å². The molecule has 0 unspecified atom stereocenters. The van der Waals surface area contributed by atoms with Crippen molar-refractivity contribution in [3.8, 4) is 0 Å². The Morgan fingerprint density at radius 1 is 1.11 bits per heavy atom. The number of aryl methyl sites for hydroxylation is 1. The topological polar surface area (TPSA) is 24.2 Å². The zero-order valence-corrected chi connectivity index (χ0v) is 12.2. The van der Waals surface area contributed by atoms with Crippen LogP contribution >= 0.6 is 11.6 Å². The van der Waals surface area contributed by atoms with Crippen LogP contribution in [0.1, 0.15) is 5.56 Å². The summed E-state index contributed by atoms with van der Waals surface area (Å²) in [5.74, 6) is 0. The molecule has 2 rings (SSSR count). The van der Waals surface area contributed by atoms with Crippen LogP contribution in [0.3, 0.4) is 0 Å². The van der Waals surface area contributed by atoms with Gasteiger partial charge in [-0.15, -0.1) is 0 Å². The number of hydrogen-bond donors (Lipinski definition) is 0. The molecule has 3 nitrogen and oxygen atoms in total. The molecule has 0 aliphatic heterocycles. The van der Waals surface area contributed by atoms with Crippen molar-refractivity contribution in [1.82, 2.24) is 0 Å². The van der Waals surface area contributed by atoms with Crippen LogP contribution in [0.5, 0.6) is 0 Å². The third-order valence-electron chi connectivity index (χ3n) is 2.72. The maximum Gasteiger partial charge on any atom is 0.502 e. The lowest BCUT2D eigenvalue weighted by atomic mass is 10.3. The summed E-state index contributed by atoms with van der Waals surface area (Å²) in [6.07, 6.45) is 3.51. The van der Waals surface area contributed by atoms with Gasteiger partial charge in [-0.25, -0.2) is 0 Å². The van der Waals surface area contributed by atoms with E-state index in [1.54, 1.807) is 41.0 Å².